The Kier molecular flexibility index (Phi) is 3.41. The first kappa shape index (κ1) is 16.2. The van der Waals surface area contributed by atoms with Crippen molar-refractivity contribution in [2.45, 2.75) is 13.0 Å². The number of H-pyrrole nitrogens is 1. The number of nitrogens with two attached hydrogens (primary N) is 1. The maximum Gasteiger partial charge on any atom is 0.182 e. The van der Waals surface area contributed by atoms with Crippen molar-refractivity contribution in [2.75, 3.05) is 17.2 Å². The fourth-order valence-corrected chi connectivity index (χ4v) is 4.30. The number of aromatic amines is 1. The average Bonchev–Trinajstić information content (AvgIpc) is 3.35. The molecule has 0 amide bonds. The first-order valence-corrected chi connectivity index (χ1v) is 9.81. The van der Waals surface area contributed by atoms with Crippen LogP contribution in [-0.4, -0.2) is 26.1 Å². The highest BCUT2D eigenvalue weighted by Crippen LogP contribution is 2.31. The van der Waals surface area contributed by atoms with E-state index in [1.165, 1.54) is 22.2 Å². The fraction of sp³-hybridized carbons (Fsp3) is 0.130. The summed E-state index contributed by atoms with van der Waals surface area (Å²) in [6.07, 6.45) is 1.01. The highest BCUT2D eigenvalue weighted by Gasteiger charge is 2.22. The maximum absolute atomic E-state index is 6.34. The topological polar surface area (TPSA) is 75.2 Å². The third kappa shape index (κ3) is 2.56. The molecule has 4 heterocycles. The molecule has 0 spiro atoms. The number of fused-ring (bicyclic) bond motifs is 4. The van der Waals surface area contributed by atoms with Gasteiger partial charge in [0.25, 0.3) is 0 Å². The molecule has 0 atom stereocenters. The van der Waals surface area contributed by atoms with Crippen LogP contribution in [0.1, 0.15) is 11.3 Å². The lowest BCUT2D eigenvalue weighted by Crippen LogP contribution is -2.30. The molecule has 5 aromatic rings. The Morgan fingerprint density at radius 3 is 2.69 bits per heavy atom. The highest BCUT2D eigenvalue weighted by atomic mass is 15.3. The molecule has 0 bridgehead atoms. The molecule has 6 heteroatoms. The lowest BCUT2D eigenvalue weighted by Gasteiger charge is -2.29. The van der Waals surface area contributed by atoms with Crippen LogP contribution in [0, 0.1) is 0 Å². The van der Waals surface area contributed by atoms with E-state index in [0.29, 0.717) is 11.6 Å². The number of para-hydroxylation sites is 1. The van der Waals surface area contributed by atoms with Gasteiger partial charge in [-0.15, -0.1) is 5.10 Å². The van der Waals surface area contributed by atoms with E-state index in [1.54, 1.807) is 4.52 Å². The Labute approximate surface area is 167 Å². The van der Waals surface area contributed by atoms with E-state index in [0.717, 1.165) is 36.4 Å². The number of aromatic nitrogens is 4. The number of nitrogens with zero attached hydrogens (tertiary/aromatic N) is 4. The van der Waals surface area contributed by atoms with Gasteiger partial charge in [-0.05, 0) is 18.1 Å². The summed E-state index contributed by atoms with van der Waals surface area (Å²) in [5, 5.41) is 5.92. The minimum absolute atomic E-state index is 0.592. The zero-order chi connectivity index (χ0) is 19.4. The van der Waals surface area contributed by atoms with Crippen LogP contribution in [-0.2, 0) is 13.0 Å². The Bertz CT molecular complexity index is 1350. The molecule has 2 aromatic carbocycles. The Morgan fingerprint density at radius 2 is 1.79 bits per heavy atom. The monoisotopic (exact) mass is 380 g/mol. The second-order valence-corrected chi connectivity index (χ2v) is 7.51. The number of hydrogen-bond acceptors (Lipinski definition) is 4. The van der Waals surface area contributed by atoms with Gasteiger partial charge >= 0.3 is 0 Å². The minimum atomic E-state index is 0.592. The number of nitrogen functional groups attached to an aromatic ring is 1. The van der Waals surface area contributed by atoms with Gasteiger partial charge in [0.1, 0.15) is 5.82 Å². The molecule has 0 aliphatic carbocycles. The van der Waals surface area contributed by atoms with Crippen molar-refractivity contribution < 1.29 is 0 Å². The number of anilines is 2. The third-order valence-corrected chi connectivity index (χ3v) is 5.73. The van der Waals surface area contributed by atoms with Gasteiger partial charge in [-0.1, -0.05) is 48.5 Å². The zero-order valence-electron chi connectivity index (χ0n) is 15.8. The number of pyridine rings is 1. The van der Waals surface area contributed by atoms with Crippen LogP contribution in [0.25, 0.3) is 27.9 Å². The van der Waals surface area contributed by atoms with Crippen LogP contribution in [0.15, 0.2) is 66.7 Å². The van der Waals surface area contributed by atoms with E-state index < -0.39 is 0 Å². The van der Waals surface area contributed by atoms with Crippen molar-refractivity contribution >= 4 is 28.1 Å². The second kappa shape index (κ2) is 6.10. The molecular weight excluding hydrogens is 360 g/mol. The van der Waals surface area contributed by atoms with Gasteiger partial charge in [0.15, 0.2) is 11.5 Å². The Hall–Kier alpha value is -3.80. The lowest BCUT2D eigenvalue weighted by atomic mass is 10.0. The molecule has 29 heavy (non-hydrogen) atoms. The summed E-state index contributed by atoms with van der Waals surface area (Å²) >= 11 is 0. The normalized spacial score (nSPS) is 13.9. The molecule has 0 saturated heterocycles. The quantitative estimate of drug-likeness (QED) is 0.485. The van der Waals surface area contributed by atoms with E-state index in [-0.39, 0.29) is 0 Å². The summed E-state index contributed by atoms with van der Waals surface area (Å²) in [5.41, 5.74) is 13.1. The first-order valence-electron chi connectivity index (χ1n) is 9.81. The number of benzene rings is 2. The largest absolute Gasteiger partial charge is 0.384 e. The van der Waals surface area contributed by atoms with Crippen LogP contribution in [0.5, 0.6) is 0 Å². The molecule has 0 saturated carbocycles. The van der Waals surface area contributed by atoms with Crippen molar-refractivity contribution in [2.24, 2.45) is 0 Å². The van der Waals surface area contributed by atoms with Crippen molar-refractivity contribution in [3.8, 4) is 11.4 Å². The van der Waals surface area contributed by atoms with E-state index in [2.05, 4.69) is 45.3 Å². The van der Waals surface area contributed by atoms with Crippen LogP contribution in [0.4, 0.5) is 11.5 Å². The molecular formula is C23H20N6. The average molecular weight is 380 g/mol. The van der Waals surface area contributed by atoms with Crippen molar-refractivity contribution in [1.29, 1.82) is 0 Å². The van der Waals surface area contributed by atoms with Crippen LogP contribution < -0.4 is 10.6 Å². The predicted molar refractivity (Wildman–Crippen MR) is 116 cm³/mol. The molecule has 0 fully saturated rings. The van der Waals surface area contributed by atoms with Gasteiger partial charge in [-0.3, -0.25) is 0 Å². The predicted octanol–water partition coefficient (Wildman–Crippen LogP) is 4.02. The lowest BCUT2D eigenvalue weighted by molar-refractivity contribution is 0.723. The fourth-order valence-electron chi connectivity index (χ4n) is 4.30. The summed E-state index contributed by atoms with van der Waals surface area (Å²) in [7, 11) is 0. The Morgan fingerprint density at radius 1 is 0.966 bits per heavy atom. The minimum Gasteiger partial charge on any atom is -0.384 e. The van der Waals surface area contributed by atoms with Gasteiger partial charge in [0, 0.05) is 46.5 Å². The summed E-state index contributed by atoms with van der Waals surface area (Å²) < 4.78 is 1.71. The summed E-state index contributed by atoms with van der Waals surface area (Å²) in [4.78, 5) is 10.7. The molecule has 6 rings (SSSR count). The number of rotatable bonds is 2. The zero-order valence-corrected chi connectivity index (χ0v) is 15.8. The standard InChI is InChI=1S/C23H20N6/c24-21-12-16(13-22-26-23(27-29(21)22)15-6-2-1-3-7-15)28-11-10-18-17-8-4-5-9-19(17)25-20(18)14-28/h1-9,12-13,25H,10-11,14,24H2. The molecule has 3 aromatic heterocycles. The van der Waals surface area contributed by atoms with E-state index in [9.17, 15) is 0 Å². The highest BCUT2D eigenvalue weighted by molar-refractivity contribution is 5.85. The van der Waals surface area contributed by atoms with Crippen molar-refractivity contribution in [1.82, 2.24) is 19.6 Å². The van der Waals surface area contributed by atoms with Crippen LogP contribution in [0.3, 0.4) is 0 Å². The van der Waals surface area contributed by atoms with E-state index in [1.807, 2.05) is 36.4 Å². The number of hydrogen-bond donors (Lipinski definition) is 2. The molecule has 1 aliphatic heterocycles. The molecule has 0 unspecified atom stereocenters. The van der Waals surface area contributed by atoms with E-state index in [4.69, 9.17) is 10.7 Å². The van der Waals surface area contributed by atoms with E-state index >= 15 is 0 Å². The molecule has 1 aliphatic rings. The van der Waals surface area contributed by atoms with Crippen molar-refractivity contribution in [3.05, 3.63) is 78.0 Å². The third-order valence-electron chi connectivity index (χ3n) is 5.73. The first-order chi connectivity index (χ1) is 14.3. The van der Waals surface area contributed by atoms with Crippen LogP contribution in [0.2, 0.25) is 0 Å². The molecule has 6 nitrogen and oxygen atoms in total. The molecule has 3 N–H and O–H groups in total. The second-order valence-electron chi connectivity index (χ2n) is 7.51. The van der Waals surface area contributed by atoms with Crippen LogP contribution >= 0.6 is 0 Å². The smallest absolute Gasteiger partial charge is 0.182 e. The van der Waals surface area contributed by atoms with Gasteiger partial charge in [-0.2, -0.15) is 4.52 Å². The molecule has 0 radical (unpaired) electrons. The van der Waals surface area contributed by atoms with Gasteiger partial charge in [-0.25, -0.2) is 4.98 Å². The molecule has 142 valence electrons. The van der Waals surface area contributed by atoms with Gasteiger partial charge < -0.3 is 15.6 Å². The van der Waals surface area contributed by atoms with Gasteiger partial charge in [0.05, 0.1) is 6.54 Å². The number of nitrogens with one attached hydrogen (secondary N) is 1. The SMILES string of the molecule is Nc1cc(N2CCc3c([nH]c4ccccc34)C2)cc2nc(-c3ccccc3)nn12. The maximum atomic E-state index is 6.34. The van der Waals surface area contributed by atoms with Gasteiger partial charge in [0.2, 0.25) is 0 Å². The summed E-state index contributed by atoms with van der Waals surface area (Å²) in [5.74, 6) is 1.28. The summed E-state index contributed by atoms with van der Waals surface area (Å²) in [6.45, 7) is 1.78. The summed E-state index contributed by atoms with van der Waals surface area (Å²) in [6, 6.07) is 22.6. The van der Waals surface area contributed by atoms with Crippen molar-refractivity contribution in [3.63, 3.8) is 0 Å². The Balaban J connectivity index is 1.39.